The van der Waals surface area contributed by atoms with Crippen molar-refractivity contribution in [2.75, 3.05) is 13.1 Å². The molecule has 1 aliphatic rings. The van der Waals surface area contributed by atoms with Crippen molar-refractivity contribution in [2.24, 2.45) is 0 Å². The van der Waals surface area contributed by atoms with Gasteiger partial charge in [-0.1, -0.05) is 5.16 Å². The van der Waals surface area contributed by atoms with Gasteiger partial charge < -0.3 is 14.4 Å². The minimum absolute atomic E-state index is 0.0964. The summed E-state index contributed by atoms with van der Waals surface area (Å²) in [5.74, 6) is 1.39. The first-order valence-corrected chi connectivity index (χ1v) is 7.73. The Morgan fingerprint density at radius 1 is 1.43 bits per heavy atom. The minimum atomic E-state index is 0.0964. The van der Waals surface area contributed by atoms with Crippen LogP contribution >= 0.6 is 0 Å². The number of nitrogens with one attached hydrogen (secondary N) is 1. The molecule has 4 rings (SSSR count). The van der Waals surface area contributed by atoms with Crippen LogP contribution in [0.1, 0.15) is 31.6 Å². The molecule has 0 radical (unpaired) electrons. The molecule has 0 aliphatic carbocycles. The zero-order chi connectivity index (χ0) is 15.8. The normalized spacial score (nSPS) is 18.5. The van der Waals surface area contributed by atoms with Crippen molar-refractivity contribution >= 4 is 16.9 Å². The van der Waals surface area contributed by atoms with E-state index in [-0.39, 0.29) is 11.8 Å². The SMILES string of the molecule is CC(=O)N1CCC[C@H](c2nc(-c3ccc4nc[nH]c4c3)no2)C1. The Morgan fingerprint density at radius 3 is 3.22 bits per heavy atom. The van der Waals surface area contributed by atoms with Crippen LogP contribution in [0.4, 0.5) is 0 Å². The molecule has 1 saturated heterocycles. The molecule has 0 saturated carbocycles. The number of likely N-dealkylation sites (tertiary alicyclic amines) is 1. The largest absolute Gasteiger partial charge is 0.345 e. The number of amides is 1. The standard InChI is InChI=1S/C16H17N5O2/c1-10(22)21-6-2-3-12(8-21)16-19-15(20-23-16)11-4-5-13-14(7-11)18-9-17-13/h4-5,7,9,12H,2-3,6,8H2,1H3,(H,17,18)/t12-/m0/s1. The molecule has 1 aliphatic heterocycles. The highest BCUT2D eigenvalue weighted by molar-refractivity contribution is 5.79. The fraction of sp³-hybridized carbons (Fsp3) is 0.375. The first kappa shape index (κ1) is 13.9. The third-order valence-electron chi connectivity index (χ3n) is 4.34. The summed E-state index contributed by atoms with van der Waals surface area (Å²) in [7, 11) is 0. The van der Waals surface area contributed by atoms with E-state index in [0.29, 0.717) is 18.3 Å². The van der Waals surface area contributed by atoms with Gasteiger partial charge >= 0.3 is 0 Å². The van der Waals surface area contributed by atoms with Crippen molar-refractivity contribution in [3.05, 3.63) is 30.4 Å². The molecule has 1 fully saturated rings. The van der Waals surface area contributed by atoms with Gasteiger partial charge in [-0.3, -0.25) is 4.79 Å². The maximum absolute atomic E-state index is 11.6. The second-order valence-electron chi connectivity index (χ2n) is 5.89. The predicted octanol–water partition coefficient (Wildman–Crippen LogP) is 2.34. The first-order chi connectivity index (χ1) is 11.2. The predicted molar refractivity (Wildman–Crippen MR) is 83.6 cm³/mol. The Labute approximate surface area is 132 Å². The molecule has 1 atom stereocenters. The number of fused-ring (bicyclic) bond motifs is 1. The summed E-state index contributed by atoms with van der Waals surface area (Å²) in [6.45, 7) is 3.06. The van der Waals surface area contributed by atoms with Crippen LogP contribution in [-0.4, -0.2) is 44.0 Å². The number of carbonyl (C=O) groups excluding carboxylic acids is 1. The average Bonchev–Trinajstić information content (AvgIpc) is 3.23. The topological polar surface area (TPSA) is 87.9 Å². The van der Waals surface area contributed by atoms with Gasteiger partial charge in [0.25, 0.3) is 0 Å². The van der Waals surface area contributed by atoms with Crippen molar-refractivity contribution < 1.29 is 9.32 Å². The Morgan fingerprint density at radius 2 is 2.35 bits per heavy atom. The highest BCUT2D eigenvalue weighted by atomic mass is 16.5. The second-order valence-corrected chi connectivity index (χ2v) is 5.89. The summed E-state index contributed by atoms with van der Waals surface area (Å²) in [4.78, 5) is 25.2. The van der Waals surface area contributed by atoms with Gasteiger partial charge in [0.2, 0.25) is 17.6 Å². The van der Waals surface area contributed by atoms with Crippen LogP contribution in [0, 0.1) is 0 Å². The molecular weight excluding hydrogens is 294 g/mol. The fourth-order valence-electron chi connectivity index (χ4n) is 3.06. The summed E-state index contributed by atoms with van der Waals surface area (Å²) in [5, 5.41) is 4.10. The van der Waals surface area contributed by atoms with E-state index in [1.807, 2.05) is 23.1 Å². The Bertz CT molecular complexity index is 853. The van der Waals surface area contributed by atoms with Gasteiger partial charge in [0, 0.05) is 25.6 Å². The van der Waals surface area contributed by atoms with E-state index in [4.69, 9.17) is 4.52 Å². The van der Waals surface area contributed by atoms with Gasteiger partial charge in [-0.25, -0.2) is 4.98 Å². The number of H-pyrrole nitrogens is 1. The Balaban J connectivity index is 1.59. The fourth-order valence-corrected chi connectivity index (χ4v) is 3.06. The molecule has 3 heterocycles. The van der Waals surface area contributed by atoms with Gasteiger partial charge in [0.05, 0.1) is 23.3 Å². The van der Waals surface area contributed by atoms with E-state index in [1.54, 1.807) is 13.3 Å². The van der Waals surface area contributed by atoms with E-state index in [2.05, 4.69) is 20.1 Å². The molecule has 2 aromatic heterocycles. The van der Waals surface area contributed by atoms with Gasteiger partial charge in [0.15, 0.2) is 0 Å². The third kappa shape index (κ3) is 2.58. The van der Waals surface area contributed by atoms with E-state index in [0.717, 1.165) is 36.0 Å². The molecule has 118 valence electrons. The van der Waals surface area contributed by atoms with Crippen LogP contribution < -0.4 is 0 Å². The number of nitrogens with zero attached hydrogens (tertiary/aromatic N) is 4. The maximum atomic E-state index is 11.6. The highest BCUT2D eigenvalue weighted by Crippen LogP contribution is 2.28. The molecule has 7 nitrogen and oxygen atoms in total. The third-order valence-corrected chi connectivity index (χ3v) is 4.34. The lowest BCUT2D eigenvalue weighted by molar-refractivity contribution is -0.130. The number of aromatic nitrogens is 4. The molecular formula is C16H17N5O2. The summed E-state index contributed by atoms with van der Waals surface area (Å²) in [6.07, 6.45) is 3.58. The molecule has 3 aromatic rings. The summed E-state index contributed by atoms with van der Waals surface area (Å²) >= 11 is 0. The van der Waals surface area contributed by atoms with E-state index in [1.165, 1.54) is 0 Å². The molecule has 1 aromatic carbocycles. The molecule has 7 heteroatoms. The van der Waals surface area contributed by atoms with E-state index < -0.39 is 0 Å². The number of rotatable bonds is 2. The monoisotopic (exact) mass is 311 g/mol. The number of carbonyl (C=O) groups is 1. The van der Waals surface area contributed by atoms with Crippen molar-refractivity contribution in [3.63, 3.8) is 0 Å². The summed E-state index contributed by atoms with van der Waals surface area (Å²) in [6, 6.07) is 5.82. The van der Waals surface area contributed by atoms with E-state index in [9.17, 15) is 4.79 Å². The number of imidazole rings is 1. The zero-order valence-corrected chi connectivity index (χ0v) is 12.8. The number of hydrogen-bond acceptors (Lipinski definition) is 5. The zero-order valence-electron chi connectivity index (χ0n) is 12.8. The molecule has 1 N–H and O–H groups in total. The number of benzene rings is 1. The Kier molecular flexibility index (Phi) is 3.33. The lowest BCUT2D eigenvalue weighted by Crippen LogP contribution is -2.37. The van der Waals surface area contributed by atoms with Crippen LogP contribution in [0.25, 0.3) is 22.4 Å². The lowest BCUT2D eigenvalue weighted by atomic mass is 9.98. The van der Waals surface area contributed by atoms with Crippen LogP contribution in [0.5, 0.6) is 0 Å². The van der Waals surface area contributed by atoms with Crippen LogP contribution in [0.3, 0.4) is 0 Å². The molecule has 1 amide bonds. The van der Waals surface area contributed by atoms with Gasteiger partial charge in [-0.05, 0) is 31.0 Å². The number of hydrogen-bond donors (Lipinski definition) is 1. The van der Waals surface area contributed by atoms with Crippen LogP contribution in [0.2, 0.25) is 0 Å². The number of aromatic amines is 1. The number of piperidine rings is 1. The van der Waals surface area contributed by atoms with Crippen molar-refractivity contribution in [1.29, 1.82) is 0 Å². The Hall–Kier alpha value is -2.70. The van der Waals surface area contributed by atoms with Crippen molar-refractivity contribution in [1.82, 2.24) is 25.0 Å². The maximum Gasteiger partial charge on any atom is 0.231 e. The van der Waals surface area contributed by atoms with Gasteiger partial charge in [-0.15, -0.1) is 0 Å². The second kappa shape index (κ2) is 5.49. The molecule has 23 heavy (non-hydrogen) atoms. The quantitative estimate of drug-likeness (QED) is 0.785. The van der Waals surface area contributed by atoms with E-state index >= 15 is 0 Å². The van der Waals surface area contributed by atoms with Crippen molar-refractivity contribution in [3.8, 4) is 11.4 Å². The molecule has 0 bridgehead atoms. The average molecular weight is 311 g/mol. The van der Waals surface area contributed by atoms with Crippen LogP contribution in [-0.2, 0) is 4.79 Å². The highest BCUT2D eigenvalue weighted by Gasteiger charge is 2.27. The van der Waals surface area contributed by atoms with Gasteiger partial charge in [0.1, 0.15) is 0 Å². The minimum Gasteiger partial charge on any atom is -0.345 e. The van der Waals surface area contributed by atoms with Crippen LogP contribution in [0.15, 0.2) is 29.0 Å². The summed E-state index contributed by atoms with van der Waals surface area (Å²) in [5.41, 5.74) is 2.73. The van der Waals surface area contributed by atoms with Gasteiger partial charge in [-0.2, -0.15) is 4.98 Å². The lowest BCUT2D eigenvalue weighted by Gasteiger charge is -2.29. The molecule has 0 unspecified atom stereocenters. The molecule has 0 spiro atoms. The first-order valence-electron chi connectivity index (χ1n) is 7.73. The van der Waals surface area contributed by atoms with Crippen molar-refractivity contribution in [2.45, 2.75) is 25.7 Å². The smallest absolute Gasteiger partial charge is 0.231 e. The summed E-state index contributed by atoms with van der Waals surface area (Å²) < 4.78 is 5.46.